The molecule has 2 rings (SSSR count). The van der Waals surface area contributed by atoms with E-state index in [1.807, 2.05) is 48.5 Å². The van der Waals surface area contributed by atoms with Gasteiger partial charge in [-0.3, -0.25) is 0 Å². The summed E-state index contributed by atoms with van der Waals surface area (Å²) in [5, 5.41) is 7.07. The van der Waals surface area contributed by atoms with Gasteiger partial charge in [0.05, 0.1) is 13.1 Å². The average molecular weight is 278 g/mol. The van der Waals surface area contributed by atoms with Crippen LogP contribution >= 0.6 is 0 Å². The molecule has 0 aromatic heterocycles. The molecular formula is C15H14N6. The van der Waals surface area contributed by atoms with Gasteiger partial charge in [-0.05, 0) is 39.7 Å². The molecule has 0 spiro atoms. The molecule has 6 nitrogen and oxygen atoms in total. The molecule has 104 valence electrons. The van der Waals surface area contributed by atoms with Gasteiger partial charge in [0.25, 0.3) is 0 Å². The number of hydrogen-bond acceptors (Lipinski definition) is 2. The molecule has 0 N–H and O–H groups in total. The van der Waals surface area contributed by atoms with Gasteiger partial charge >= 0.3 is 0 Å². The van der Waals surface area contributed by atoms with E-state index in [0.717, 1.165) is 17.5 Å². The molecule has 0 aliphatic heterocycles. The Morgan fingerprint density at radius 3 is 1.29 bits per heavy atom. The summed E-state index contributed by atoms with van der Waals surface area (Å²) < 4.78 is 0. The third-order valence-electron chi connectivity index (χ3n) is 3.09. The minimum atomic E-state index is 0.380. The maximum absolute atomic E-state index is 8.29. The topological polar surface area (TPSA) is 97.5 Å². The lowest BCUT2D eigenvalue weighted by atomic mass is 10.0. The van der Waals surface area contributed by atoms with Gasteiger partial charge in [0.1, 0.15) is 0 Å². The first-order valence-corrected chi connectivity index (χ1v) is 6.49. The lowest BCUT2D eigenvalue weighted by molar-refractivity contribution is 1.03. The minimum Gasteiger partial charge on any atom is -0.0893 e. The van der Waals surface area contributed by atoms with Crippen molar-refractivity contribution in [3.63, 3.8) is 0 Å². The van der Waals surface area contributed by atoms with Crippen molar-refractivity contribution in [2.75, 3.05) is 0 Å². The highest BCUT2D eigenvalue weighted by atomic mass is 15.1. The largest absolute Gasteiger partial charge is 0.0893 e. The van der Waals surface area contributed by atoms with Gasteiger partial charge in [0.15, 0.2) is 0 Å². The zero-order valence-electron chi connectivity index (χ0n) is 11.4. The van der Waals surface area contributed by atoms with E-state index in [4.69, 9.17) is 11.1 Å². The second-order valence-corrected chi connectivity index (χ2v) is 4.59. The minimum absolute atomic E-state index is 0.380. The highest BCUT2D eigenvalue weighted by molar-refractivity contribution is 5.30. The van der Waals surface area contributed by atoms with Crippen molar-refractivity contribution < 1.29 is 0 Å². The fourth-order valence-electron chi connectivity index (χ4n) is 1.99. The molecule has 2 aromatic carbocycles. The first kappa shape index (κ1) is 14.5. The predicted molar refractivity (Wildman–Crippen MR) is 81.4 cm³/mol. The molecule has 0 saturated heterocycles. The summed E-state index contributed by atoms with van der Waals surface area (Å²) in [6.45, 7) is 0.760. The summed E-state index contributed by atoms with van der Waals surface area (Å²) in [6.07, 6.45) is 0.837. The zero-order valence-corrected chi connectivity index (χ0v) is 11.4. The van der Waals surface area contributed by atoms with Gasteiger partial charge in [-0.1, -0.05) is 58.8 Å². The maximum Gasteiger partial charge on any atom is 0.0510 e. The van der Waals surface area contributed by atoms with E-state index in [0.29, 0.717) is 13.1 Å². The fourth-order valence-corrected chi connectivity index (χ4v) is 1.99. The van der Waals surface area contributed by atoms with Crippen LogP contribution in [0.1, 0.15) is 22.3 Å². The molecule has 0 atom stereocenters. The van der Waals surface area contributed by atoms with E-state index in [1.54, 1.807) is 0 Å². The van der Waals surface area contributed by atoms with Crippen molar-refractivity contribution in [2.24, 2.45) is 10.2 Å². The standard InChI is InChI=1S/C15H14N6/c16-20-18-10-14-5-1-12(2-6-14)9-13-3-7-15(8-4-13)11-19-21-17/h1-8H,9-11H2. The second kappa shape index (κ2) is 7.60. The Morgan fingerprint density at radius 2 is 0.952 bits per heavy atom. The van der Waals surface area contributed by atoms with Gasteiger partial charge in [-0.15, -0.1) is 0 Å². The highest BCUT2D eigenvalue weighted by Gasteiger charge is 1.98. The molecule has 0 fully saturated rings. The Balaban J connectivity index is 2.00. The van der Waals surface area contributed by atoms with Crippen molar-refractivity contribution in [1.29, 1.82) is 0 Å². The van der Waals surface area contributed by atoms with Crippen molar-refractivity contribution in [3.05, 3.63) is 91.7 Å². The third kappa shape index (κ3) is 4.58. The summed E-state index contributed by atoms with van der Waals surface area (Å²) in [6, 6.07) is 16.0. The lowest BCUT2D eigenvalue weighted by Crippen LogP contribution is -1.90. The summed E-state index contributed by atoms with van der Waals surface area (Å²) in [5.74, 6) is 0. The molecule has 0 unspecified atom stereocenters. The molecule has 0 radical (unpaired) electrons. The molecule has 0 heterocycles. The summed E-state index contributed by atoms with van der Waals surface area (Å²) in [5.41, 5.74) is 21.0. The van der Waals surface area contributed by atoms with Crippen molar-refractivity contribution in [1.82, 2.24) is 0 Å². The molecule has 0 aliphatic carbocycles. The van der Waals surface area contributed by atoms with Crippen LogP contribution in [0.2, 0.25) is 0 Å². The Hall–Kier alpha value is -2.94. The normalized spacial score (nSPS) is 9.52. The summed E-state index contributed by atoms with van der Waals surface area (Å²) >= 11 is 0. The molecule has 0 aliphatic rings. The van der Waals surface area contributed by atoms with Crippen LogP contribution in [0.5, 0.6) is 0 Å². The Kier molecular flexibility index (Phi) is 5.24. The van der Waals surface area contributed by atoms with E-state index in [-0.39, 0.29) is 0 Å². The van der Waals surface area contributed by atoms with Crippen molar-refractivity contribution in [2.45, 2.75) is 19.5 Å². The molecule has 21 heavy (non-hydrogen) atoms. The Labute approximate surface area is 122 Å². The van der Waals surface area contributed by atoms with Gasteiger partial charge in [-0.2, -0.15) is 0 Å². The Bertz CT molecular complexity index is 616. The SMILES string of the molecule is [N-]=[N+]=NCc1ccc(Cc2ccc(CN=[N+]=[N-])cc2)cc1. The number of benzene rings is 2. The Morgan fingerprint density at radius 1 is 0.619 bits per heavy atom. The predicted octanol–water partition coefficient (Wildman–Crippen LogP) is 4.90. The van der Waals surface area contributed by atoms with Crippen LogP contribution in [0.25, 0.3) is 20.9 Å². The maximum atomic E-state index is 8.29. The van der Waals surface area contributed by atoms with E-state index < -0.39 is 0 Å². The van der Waals surface area contributed by atoms with Crippen LogP contribution in [-0.4, -0.2) is 0 Å². The van der Waals surface area contributed by atoms with Crippen LogP contribution < -0.4 is 0 Å². The number of rotatable bonds is 6. The monoisotopic (exact) mass is 278 g/mol. The van der Waals surface area contributed by atoms with Crippen LogP contribution in [0.15, 0.2) is 58.8 Å². The third-order valence-corrected chi connectivity index (χ3v) is 3.09. The van der Waals surface area contributed by atoms with E-state index in [1.165, 1.54) is 11.1 Å². The van der Waals surface area contributed by atoms with E-state index >= 15 is 0 Å². The van der Waals surface area contributed by atoms with Gasteiger partial charge < -0.3 is 0 Å². The highest BCUT2D eigenvalue weighted by Crippen LogP contribution is 2.13. The molecule has 6 heteroatoms. The molecule has 0 saturated carbocycles. The second-order valence-electron chi connectivity index (χ2n) is 4.59. The molecule has 2 aromatic rings. The molecular weight excluding hydrogens is 264 g/mol. The number of hydrogen-bond donors (Lipinski definition) is 0. The quantitative estimate of drug-likeness (QED) is 0.408. The first-order chi connectivity index (χ1) is 10.3. The zero-order chi connectivity index (χ0) is 14.9. The van der Waals surface area contributed by atoms with Crippen molar-refractivity contribution in [3.8, 4) is 0 Å². The van der Waals surface area contributed by atoms with E-state index in [2.05, 4.69) is 20.1 Å². The van der Waals surface area contributed by atoms with Crippen LogP contribution in [0.3, 0.4) is 0 Å². The van der Waals surface area contributed by atoms with Crippen molar-refractivity contribution >= 4 is 0 Å². The van der Waals surface area contributed by atoms with Gasteiger partial charge in [0, 0.05) is 9.82 Å². The molecule has 0 amide bonds. The van der Waals surface area contributed by atoms with Gasteiger partial charge in [-0.25, -0.2) is 0 Å². The lowest BCUT2D eigenvalue weighted by Gasteiger charge is -2.04. The van der Waals surface area contributed by atoms with Gasteiger partial charge in [0.2, 0.25) is 0 Å². The van der Waals surface area contributed by atoms with Crippen LogP contribution in [-0.2, 0) is 19.5 Å². The first-order valence-electron chi connectivity index (χ1n) is 6.49. The van der Waals surface area contributed by atoms with E-state index in [9.17, 15) is 0 Å². The summed E-state index contributed by atoms with van der Waals surface area (Å²) in [4.78, 5) is 5.49. The fraction of sp³-hybridized carbons (Fsp3) is 0.200. The smallest absolute Gasteiger partial charge is 0.0510 e. The summed E-state index contributed by atoms with van der Waals surface area (Å²) in [7, 11) is 0. The van der Waals surface area contributed by atoms with Crippen LogP contribution in [0, 0.1) is 0 Å². The van der Waals surface area contributed by atoms with Crippen LogP contribution in [0.4, 0.5) is 0 Å². The number of azide groups is 2. The molecule has 0 bridgehead atoms. The number of nitrogens with zero attached hydrogens (tertiary/aromatic N) is 6. The average Bonchev–Trinajstić information content (AvgIpc) is 2.53.